The zero-order chi connectivity index (χ0) is 16.1. The number of hydrogen-bond donors (Lipinski definition) is 1. The number of piperidine rings is 1. The summed E-state index contributed by atoms with van der Waals surface area (Å²) in [6, 6.07) is 0. The first-order valence-corrected chi connectivity index (χ1v) is 7.97. The standard InChI is InChI=1S/C16H25N3O3/c1-4-8-22-13-6-5-7-19(10-13)15(20)9-14-11(2)17-12(3)18-16(14)21/h13H,4-10H2,1-3H3,(H,17,18,21)/t13-/m1/s1. The van der Waals surface area contributed by atoms with Crippen molar-refractivity contribution >= 4 is 5.91 Å². The summed E-state index contributed by atoms with van der Waals surface area (Å²) >= 11 is 0. The Morgan fingerprint density at radius 1 is 1.45 bits per heavy atom. The lowest BCUT2D eigenvalue weighted by molar-refractivity contribution is -0.134. The van der Waals surface area contributed by atoms with Gasteiger partial charge in [-0.2, -0.15) is 0 Å². The van der Waals surface area contributed by atoms with Crippen LogP contribution in [0.15, 0.2) is 4.79 Å². The van der Waals surface area contributed by atoms with Crippen LogP contribution in [-0.2, 0) is 16.0 Å². The van der Waals surface area contributed by atoms with Crippen LogP contribution in [0, 0.1) is 13.8 Å². The summed E-state index contributed by atoms with van der Waals surface area (Å²) in [4.78, 5) is 33.2. The van der Waals surface area contributed by atoms with E-state index in [-0.39, 0.29) is 24.0 Å². The van der Waals surface area contributed by atoms with Crippen LogP contribution in [0.3, 0.4) is 0 Å². The van der Waals surface area contributed by atoms with Gasteiger partial charge in [0.15, 0.2) is 0 Å². The maximum Gasteiger partial charge on any atom is 0.254 e. The second-order valence-corrected chi connectivity index (χ2v) is 5.87. The molecule has 1 aromatic heterocycles. The molecule has 1 fully saturated rings. The minimum absolute atomic E-state index is 0.0240. The number of likely N-dealkylation sites (tertiary alicyclic amines) is 1. The molecule has 0 spiro atoms. The highest BCUT2D eigenvalue weighted by Gasteiger charge is 2.25. The van der Waals surface area contributed by atoms with E-state index in [1.807, 2.05) is 4.90 Å². The minimum atomic E-state index is -0.214. The molecule has 122 valence electrons. The van der Waals surface area contributed by atoms with Gasteiger partial charge >= 0.3 is 0 Å². The number of H-pyrrole nitrogens is 1. The summed E-state index contributed by atoms with van der Waals surface area (Å²) in [5.41, 5.74) is 0.881. The van der Waals surface area contributed by atoms with E-state index >= 15 is 0 Å². The Morgan fingerprint density at radius 2 is 2.23 bits per heavy atom. The Hall–Kier alpha value is -1.69. The van der Waals surface area contributed by atoms with Crippen molar-refractivity contribution in [2.75, 3.05) is 19.7 Å². The number of carbonyl (C=O) groups excluding carboxylic acids is 1. The number of amides is 1. The Kier molecular flexibility index (Phi) is 5.71. The van der Waals surface area contributed by atoms with Crippen LogP contribution >= 0.6 is 0 Å². The van der Waals surface area contributed by atoms with E-state index in [1.165, 1.54) is 0 Å². The number of hydrogen-bond acceptors (Lipinski definition) is 4. The highest BCUT2D eigenvalue weighted by atomic mass is 16.5. The molecule has 0 unspecified atom stereocenters. The molecule has 0 radical (unpaired) electrons. The third-order valence-corrected chi connectivity index (χ3v) is 3.96. The molecule has 1 aromatic rings. The summed E-state index contributed by atoms with van der Waals surface area (Å²) in [5.74, 6) is 0.550. The molecule has 1 aliphatic heterocycles. The Balaban J connectivity index is 2.01. The number of rotatable bonds is 5. The quantitative estimate of drug-likeness (QED) is 0.891. The third kappa shape index (κ3) is 4.16. The molecule has 0 aliphatic carbocycles. The third-order valence-electron chi connectivity index (χ3n) is 3.96. The van der Waals surface area contributed by atoms with E-state index in [2.05, 4.69) is 16.9 Å². The average Bonchev–Trinajstić information content (AvgIpc) is 2.49. The van der Waals surface area contributed by atoms with Gasteiger partial charge in [-0.25, -0.2) is 4.98 Å². The highest BCUT2D eigenvalue weighted by Crippen LogP contribution is 2.15. The summed E-state index contributed by atoms with van der Waals surface area (Å²) in [6.07, 6.45) is 3.15. The van der Waals surface area contributed by atoms with E-state index < -0.39 is 0 Å². The molecule has 6 heteroatoms. The van der Waals surface area contributed by atoms with Crippen LogP contribution in [0.2, 0.25) is 0 Å². The van der Waals surface area contributed by atoms with Gasteiger partial charge in [0.2, 0.25) is 5.91 Å². The number of carbonyl (C=O) groups is 1. The van der Waals surface area contributed by atoms with Crippen molar-refractivity contribution in [2.24, 2.45) is 0 Å². The van der Waals surface area contributed by atoms with Gasteiger partial charge in [-0.15, -0.1) is 0 Å². The van der Waals surface area contributed by atoms with Crippen molar-refractivity contribution < 1.29 is 9.53 Å². The molecule has 0 bridgehead atoms. The predicted molar refractivity (Wildman–Crippen MR) is 83.9 cm³/mol. The topological polar surface area (TPSA) is 75.3 Å². The first-order chi connectivity index (χ1) is 10.5. The van der Waals surface area contributed by atoms with Gasteiger partial charge in [0, 0.05) is 31.0 Å². The molecular weight excluding hydrogens is 282 g/mol. The van der Waals surface area contributed by atoms with Crippen molar-refractivity contribution in [3.63, 3.8) is 0 Å². The normalized spacial score (nSPS) is 18.5. The first kappa shape index (κ1) is 16.7. The lowest BCUT2D eigenvalue weighted by atomic mass is 10.1. The SMILES string of the molecule is CCCO[C@@H]1CCCN(C(=O)Cc2c(C)nc(C)[nH]c2=O)C1. The lowest BCUT2D eigenvalue weighted by Crippen LogP contribution is -2.44. The zero-order valence-electron chi connectivity index (χ0n) is 13.6. The number of aromatic amines is 1. The van der Waals surface area contributed by atoms with Crippen molar-refractivity contribution in [3.8, 4) is 0 Å². The van der Waals surface area contributed by atoms with Crippen molar-refractivity contribution in [1.29, 1.82) is 0 Å². The molecule has 1 N–H and O–H groups in total. The van der Waals surface area contributed by atoms with Crippen LogP contribution in [0.4, 0.5) is 0 Å². The molecular formula is C16H25N3O3. The molecule has 1 saturated heterocycles. The van der Waals surface area contributed by atoms with Gasteiger partial charge in [-0.3, -0.25) is 9.59 Å². The van der Waals surface area contributed by atoms with Gasteiger partial charge in [0.05, 0.1) is 12.5 Å². The monoisotopic (exact) mass is 307 g/mol. The molecule has 6 nitrogen and oxygen atoms in total. The lowest BCUT2D eigenvalue weighted by Gasteiger charge is -2.32. The Bertz CT molecular complexity index is 582. The molecule has 1 amide bonds. The van der Waals surface area contributed by atoms with Gasteiger partial charge in [-0.1, -0.05) is 6.92 Å². The Morgan fingerprint density at radius 3 is 2.91 bits per heavy atom. The van der Waals surface area contributed by atoms with Crippen LogP contribution in [-0.4, -0.2) is 46.6 Å². The number of nitrogens with one attached hydrogen (secondary N) is 1. The molecule has 2 rings (SSSR count). The van der Waals surface area contributed by atoms with Crippen LogP contribution in [0.5, 0.6) is 0 Å². The van der Waals surface area contributed by atoms with Crippen LogP contribution in [0.1, 0.15) is 43.3 Å². The summed E-state index contributed by atoms with van der Waals surface area (Å²) in [7, 11) is 0. The molecule has 1 atom stereocenters. The predicted octanol–water partition coefficient (Wildman–Crippen LogP) is 1.35. The molecule has 2 heterocycles. The van der Waals surface area contributed by atoms with Crippen molar-refractivity contribution in [2.45, 2.75) is 52.6 Å². The van der Waals surface area contributed by atoms with E-state index in [4.69, 9.17) is 4.74 Å². The number of nitrogens with zero attached hydrogens (tertiary/aromatic N) is 2. The van der Waals surface area contributed by atoms with E-state index in [0.717, 1.165) is 32.4 Å². The summed E-state index contributed by atoms with van der Waals surface area (Å²) in [5, 5.41) is 0. The van der Waals surface area contributed by atoms with Gasteiger partial charge < -0.3 is 14.6 Å². The van der Waals surface area contributed by atoms with Gasteiger partial charge in [0.1, 0.15) is 5.82 Å². The Labute approximate surface area is 130 Å². The van der Waals surface area contributed by atoms with Crippen LogP contribution < -0.4 is 5.56 Å². The highest BCUT2D eigenvalue weighted by molar-refractivity contribution is 5.79. The summed E-state index contributed by atoms with van der Waals surface area (Å²) < 4.78 is 5.75. The second-order valence-electron chi connectivity index (χ2n) is 5.87. The summed E-state index contributed by atoms with van der Waals surface area (Å²) in [6.45, 7) is 7.67. The van der Waals surface area contributed by atoms with E-state index in [1.54, 1.807) is 13.8 Å². The molecule has 22 heavy (non-hydrogen) atoms. The minimum Gasteiger partial charge on any atom is -0.376 e. The molecule has 1 aliphatic rings. The fourth-order valence-corrected chi connectivity index (χ4v) is 2.81. The fourth-order valence-electron chi connectivity index (χ4n) is 2.81. The van der Waals surface area contributed by atoms with E-state index in [9.17, 15) is 9.59 Å². The number of aromatic nitrogens is 2. The second kappa shape index (κ2) is 7.54. The molecule has 0 aromatic carbocycles. The first-order valence-electron chi connectivity index (χ1n) is 7.97. The largest absolute Gasteiger partial charge is 0.376 e. The number of ether oxygens (including phenoxy) is 1. The molecule has 0 saturated carbocycles. The van der Waals surface area contributed by atoms with Crippen LogP contribution in [0.25, 0.3) is 0 Å². The maximum atomic E-state index is 12.5. The smallest absolute Gasteiger partial charge is 0.254 e. The van der Waals surface area contributed by atoms with Gasteiger partial charge in [0.25, 0.3) is 5.56 Å². The van der Waals surface area contributed by atoms with Crippen molar-refractivity contribution in [1.82, 2.24) is 14.9 Å². The zero-order valence-corrected chi connectivity index (χ0v) is 13.6. The number of aryl methyl sites for hydroxylation is 2. The van der Waals surface area contributed by atoms with E-state index in [0.29, 0.717) is 23.6 Å². The average molecular weight is 307 g/mol. The fraction of sp³-hybridized carbons (Fsp3) is 0.688. The van der Waals surface area contributed by atoms with Gasteiger partial charge in [-0.05, 0) is 33.1 Å². The maximum absolute atomic E-state index is 12.5. The van der Waals surface area contributed by atoms with Crippen molar-refractivity contribution in [3.05, 3.63) is 27.4 Å².